The molecular weight excluding hydrogens is 341 g/mol. The quantitative estimate of drug-likeness (QED) is 0.607. The Hall–Kier alpha value is -1.69. The van der Waals surface area contributed by atoms with Crippen LogP contribution < -0.4 is 4.78 Å². The molecule has 0 N–H and O–H groups in total. The van der Waals surface area contributed by atoms with Crippen molar-refractivity contribution < 1.29 is 9.31 Å². The lowest BCUT2D eigenvalue weighted by Crippen LogP contribution is -2.41. The van der Waals surface area contributed by atoms with Crippen LogP contribution in [-0.2, 0) is 9.31 Å². The molecule has 134 valence electrons. The highest BCUT2D eigenvalue weighted by molar-refractivity contribution is 7.28. The first-order valence-electron chi connectivity index (χ1n) is 8.99. The molecule has 3 nitrogen and oxygen atoms in total. The van der Waals surface area contributed by atoms with E-state index in [-0.39, 0.29) is 18.3 Å². The van der Waals surface area contributed by atoms with Crippen LogP contribution in [0.15, 0.2) is 36.5 Å². The molecule has 1 aliphatic rings. The average Bonchev–Trinajstić information content (AvgIpc) is 3.04. The Morgan fingerprint density at radius 2 is 1.54 bits per heavy atom. The fraction of sp³-hybridized carbons (Fsp3) is 0.381. The molecule has 1 aliphatic heterocycles. The van der Waals surface area contributed by atoms with Gasteiger partial charge in [0.15, 0.2) is 0 Å². The van der Waals surface area contributed by atoms with Gasteiger partial charge in [-0.1, -0.05) is 17.2 Å². The lowest BCUT2D eigenvalue weighted by molar-refractivity contribution is 0.00578. The molecule has 0 atom stereocenters. The predicted octanol–water partition coefficient (Wildman–Crippen LogP) is 4.88. The number of aryl methyl sites for hydroxylation is 2. The molecule has 1 saturated heterocycles. The van der Waals surface area contributed by atoms with Crippen LogP contribution in [0.25, 0.3) is 21.3 Å². The minimum absolute atomic E-state index is 0.329. The average molecular weight is 365 g/mol. The van der Waals surface area contributed by atoms with Crippen LogP contribution in [0, 0.1) is 13.8 Å². The van der Waals surface area contributed by atoms with Crippen LogP contribution in [0.3, 0.4) is 0 Å². The zero-order valence-electron chi connectivity index (χ0n) is 16.2. The fourth-order valence-electron chi connectivity index (χ4n) is 3.38. The van der Waals surface area contributed by atoms with Gasteiger partial charge < -0.3 is 9.31 Å². The molecule has 0 aliphatic carbocycles. The van der Waals surface area contributed by atoms with Gasteiger partial charge in [0, 0.05) is 16.5 Å². The monoisotopic (exact) mass is 365 g/mol. The van der Waals surface area contributed by atoms with Gasteiger partial charge in [0.25, 0.3) is 0 Å². The van der Waals surface area contributed by atoms with Gasteiger partial charge in [-0.25, -0.2) is 0 Å². The Labute approximate surface area is 159 Å². The maximum atomic E-state index is 6.23. The molecule has 0 amide bonds. The Morgan fingerprint density at radius 3 is 2.15 bits per heavy atom. The van der Waals surface area contributed by atoms with E-state index in [4.69, 9.17) is 9.31 Å². The van der Waals surface area contributed by atoms with Crippen molar-refractivity contribution in [3.8, 4) is 11.3 Å². The van der Waals surface area contributed by atoms with Gasteiger partial charge in [-0.3, -0.25) is 4.98 Å². The molecule has 2 aromatic heterocycles. The number of rotatable bonds is 2. The van der Waals surface area contributed by atoms with Crippen LogP contribution in [-0.4, -0.2) is 23.3 Å². The Morgan fingerprint density at radius 1 is 0.923 bits per heavy atom. The van der Waals surface area contributed by atoms with Crippen LogP contribution in [0.2, 0.25) is 0 Å². The highest BCUT2D eigenvalue weighted by Crippen LogP contribution is 2.38. The lowest BCUT2D eigenvalue weighted by atomic mass is 9.87. The number of hydrogen-bond donors (Lipinski definition) is 0. The van der Waals surface area contributed by atoms with Crippen molar-refractivity contribution in [2.45, 2.75) is 52.7 Å². The standard InChI is InChI=1S/C21H24BNO2S/c1-13-9-14(2)11-16(10-13)18-19-15(7-8-23-18)12-17(26-19)22-24-20(3,4)21(5,6)25-22/h7-12H,1-6H3. The summed E-state index contributed by atoms with van der Waals surface area (Å²) in [6.07, 6.45) is 1.88. The second-order valence-electron chi connectivity index (χ2n) is 8.19. The van der Waals surface area contributed by atoms with E-state index in [9.17, 15) is 0 Å². The second-order valence-corrected chi connectivity index (χ2v) is 9.28. The number of thiophene rings is 1. The summed E-state index contributed by atoms with van der Waals surface area (Å²) in [7, 11) is -0.329. The van der Waals surface area contributed by atoms with Crippen LogP contribution >= 0.6 is 11.3 Å². The van der Waals surface area contributed by atoms with Gasteiger partial charge in [-0.2, -0.15) is 0 Å². The Balaban J connectivity index is 1.80. The van der Waals surface area contributed by atoms with E-state index in [1.54, 1.807) is 11.3 Å². The maximum absolute atomic E-state index is 6.23. The molecule has 1 aromatic carbocycles. The minimum Gasteiger partial charge on any atom is -0.399 e. The van der Waals surface area contributed by atoms with E-state index in [0.717, 1.165) is 16.0 Å². The summed E-state index contributed by atoms with van der Waals surface area (Å²) in [5.41, 5.74) is 4.03. The highest BCUT2D eigenvalue weighted by Gasteiger charge is 2.52. The van der Waals surface area contributed by atoms with Crippen molar-refractivity contribution in [3.05, 3.63) is 47.7 Å². The third kappa shape index (κ3) is 2.88. The molecular formula is C21H24BNO2S. The molecule has 3 heterocycles. The summed E-state index contributed by atoms with van der Waals surface area (Å²) in [5.74, 6) is 0. The van der Waals surface area contributed by atoms with E-state index in [1.807, 2.05) is 6.20 Å². The predicted molar refractivity (Wildman–Crippen MR) is 110 cm³/mol. The normalized spacial score (nSPS) is 18.6. The van der Waals surface area contributed by atoms with E-state index >= 15 is 0 Å². The lowest BCUT2D eigenvalue weighted by Gasteiger charge is -2.32. The van der Waals surface area contributed by atoms with Crippen molar-refractivity contribution in [1.29, 1.82) is 0 Å². The van der Waals surface area contributed by atoms with Crippen molar-refractivity contribution in [2.75, 3.05) is 0 Å². The first-order chi connectivity index (χ1) is 12.2. The summed E-state index contributed by atoms with van der Waals surface area (Å²) in [6, 6.07) is 10.8. The molecule has 26 heavy (non-hydrogen) atoms. The molecule has 4 rings (SSSR count). The first kappa shape index (κ1) is 17.7. The van der Waals surface area contributed by atoms with Gasteiger partial charge in [0.05, 0.1) is 21.6 Å². The molecule has 0 spiro atoms. The Bertz CT molecular complexity index is 957. The van der Waals surface area contributed by atoms with Gasteiger partial charge in [-0.05, 0) is 71.2 Å². The van der Waals surface area contributed by atoms with Crippen molar-refractivity contribution in [1.82, 2.24) is 4.98 Å². The topological polar surface area (TPSA) is 31.4 Å². The number of nitrogens with zero attached hydrogens (tertiary/aromatic N) is 1. The number of hydrogen-bond acceptors (Lipinski definition) is 4. The summed E-state index contributed by atoms with van der Waals surface area (Å²) in [6.45, 7) is 12.6. The maximum Gasteiger partial charge on any atom is 0.505 e. The SMILES string of the molecule is Cc1cc(C)cc(-c2nccc3cc(B4OC(C)(C)C(C)(C)O4)sc23)c1. The highest BCUT2D eigenvalue weighted by atomic mass is 32.1. The fourth-order valence-corrected chi connectivity index (χ4v) is 4.50. The van der Waals surface area contributed by atoms with Gasteiger partial charge in [0.2, 0.25) is 0 Å². The van der Waals surface area contributed by atoms with E-state index < -0.39 is 0 Å². The van der Waals surface area contributed by atoms with Crippen LogP contribution in [0.1, 0.15) is 38.8 Å². The molecule has 0 radical (unpaired) electrons. The van der Waals surface area contributed by atoms with Crippen molar-refractivity contribution in [3.63, 3.8) is 0 Å². The number of pyridine rings is 1. The largest absolute Gasteiger partial charge is 0.505 e. The molecule has 0 unspecified atom stereocenters. The van der Waals surface area contributed by atoms with Crippen LogP contribution in [0.5, 0.6) is 0 Å². The van der Waals surface area contributed by atoms with Gasteiger partial charge in [0.1, 0.15) is 0 Å². The smallest absolute Gasteiger partial charge is 0.399 e. The van der Waals surface area contributed by atoms with Gasteiger partial charge >= 0.3 is 7.12 Å². The van der Waals surface area contributed by atoms with Gasteiger partial charge in [-0.15, -0.1) is 11.3 Å². The molecule has 0 saturated carbocycles. The van der Waals surface area contributed by atoms with E-state index in [1.165, 1.54) is 21.2 Å². The zero-order valence-corrected chi connectivity index (χ0v) is 17.0. The summed E-state index contributed by atoms with van der Waals surface area (Å²) >= 11 is 1.72. The van der Waals surface area contributed by atoms with E-state index in [0.29, 0.717) is 0 Å². The van der Waals surface area contributed by atoms with Crippen molar-refractivity contribution >= 4 is 33.3 Å². The first-order valence-corrected chi connectivity index (χ1v) is 9.81. The third-order valence-electron chi connectivity index (χ3n) is 5.43. The zero-order chi connectivity index (χ0) is 18.7. The number of aromatic nitrogens is 1. The third-order valence-corrected chi connectivity index (χ3v) is 6.61. The number of benzene rings is 1. The molecule has 0 bridgehead atoms. The van der Waals surface area contributed by atoms with Crippen LogP contribution in [0.4, 0.5) is 0 Å². The Kier molecular flexibility index (Phi) is 4.03. The summed E-state index contributed by atoms with van der Waals surface area (Å²) in [5, 5.41) is 1.18. The minimum atomic E-state index is -0.331. The molecule has 5 heteroatoms. The second kappa shape index (κ2) is 5.91. The number of fused-ring (bicyclic) bond motifs is 1. The van der Waals surface area contributed by atoms with Crippen molar-refractivity contribution in [2.24, 2.45) is 0 Å². The summed E-state index contributed by atoms with van der Waals surface area (Å²) < 4.78 is 14.7. The molecule has 1 fully saturated rings. The summed E-state index contributed by atoms with van der Waals surface area (Å²) in [4.78, 5) is 4.69. The van der Waals surface area contributed by atoms with E-state index in [2.05, 4.69) is 76.9 Å². The molecule has 3 aromatic rings.